The molecular weight excluding hydrogens is 290 g/mol. The molecule has 0 atom stereocenters. The standard InChI is InChI=1S/C15H14BrNO/c1-3-17-13-7-5-4-6-10(13)11-8-12(16)15(18-2)9-14(11)17/h4-9H,3H2,1-2H3. The van der Waals surface area contributed by atoms with Gasteiger partial charge in [-0.25, -0.2) is 0 Å². The molecule has 0 aliphatic heterocycles. The van der Waals surface area contributed by atoms with Crippen LogP contribution in [0.4, 0.5) is 0 Å². The van der Waals surface area contributed by atoms with Crippen LogP contribution >= 0.6 is 15.9 Å². The van der Waals surface area contributed by atoms with Gasteiger partial charge in [-0.15, -0.1) is 0 Å². The monoisotopic (exact) mass is 303 g/mol. The lowest BCUT2D eigenvalue weighted by molar-refractivity contribution is 0.412. The molecule has 0 amide bonds. The summed E-state index contributed by atoms with van der Waals surface area (Å²) in [6, 6.07) is 12.7. The van der Waals surface area contributed by atoms with Crippen molar-refractivity contribution in [3.8, 4) is 5.75 Å². The molecule has 1 heterocycles. The first-order chi connectivity index (χ1) is 8.76. The van der Waals surface area contributed by atoms with Crippen molar-refractivity contribution in [2.24, 2.45) is 0 Å². The smallest absolute Gasteiger partial charge is 0.135 e. The number of hydrogen-bond donors (Lipinski definition) is 0. The van der Waals surface area contributed by atoms with E-state index in [0.717, 1.165) is 16.8 Å². The molecule has 0 aliphatic carbocycles. The fourth-order valence-electron chi connectivity index (χ4n) is 2.55. The van der Waals surface area contributed by atoms with Crippen molar-refractivity contribution in [3.05, 3.63) is 40.9 Å². The topological polar surface area (TPSA) is 14.2 Å². The van der Waals surface area contributed by atoms with Crippen LogP contribution in [0.3, 0.4) is 0 Å². The van der Waals surface area contributed by atoms with Crippen LogP contribution in [-0.2, 0) is 6.54 Å². The van der Waals surface area contributed by atoms with Crippen molar-refractivity contribution in [2.45, 2.75) is 13.5 Å². The van der Waals surface area contributed by atoms with Crippen LogP contribution in [0.1, 0.15) is 6.92 Å². The molecule has 2 aromatic carbocycles. The number of halogens is 1. The number of fused-ring (bicyclic) bond motifs is 3. The van der Waals surface area contributed by atoms with E-state index in [1.807, 2.05) is 0 Å². The Morgan fingerprint density at radius 3 is 2.61 bits per heavy atom. The van der Waals surface area contributed by atoms with Crippen molar-refractivity contribution < 1.29 is 4.74 Å². The molecule has 0 spiro atoms. The largest absolute Gasteiger partial charge is 0.495 e. The highest BCUT2D eigenvalue weighted by Gasteiger charge is 2.12. The van der Waals surface area contributed by atoms with Crippen molar-refractivity contribution >= 4 is 37.7 Å². The number of ether oxygens (including phenoxy) is 1. The molecule has 18 heavy (non-hydrogen) atoms. The van der Waals surface area contributed by atoms with E-state index < -0.39 is 0 Å². The first-order valence-corrected chi connectivity index (χ1v) is 6.80. The molecule has 92 valence electrons. The fourth-order valence-corrected chi connectivity index (χ4v) is 3.05. The molecular formula is C15H14BrNO. The number of hydrogen-bond acceptors (Lipinski definition) is 1. The van der Waals surface area contributed by atoms with Gasteiger partial charge in [0.1, 0.15) is 5.75 Å². The average Bonchev–Trinajstić information content (AvgIpc) is 2.71. The van der Waals surface area contributed by atoms with E-state index in [9.17, 15) is 0 Å². The number of methoxy groups -OCH3 is 1. The summed E-state index contributed by atoms with van der Waals surface area (Å²) in [7, 11) is 1.70. The van der Waals surface area contributed by atoms with E-state index in [1.165, 1.54) is 21.8 Å². The van der Waals surface area contributed by atoms with Crippen LogP contribution in [0.2, 0.25) is 0 Å². The highest BCUT2D eigenvalue weighted by atomic mass is 79.9. The molecule has 0 saturated carbocycles. The molecule has 1 aromatic heterocycles. The van der Waals surface area contributed by atoms with Gasteiger partial charge in [0.25, 0.3) is 0 Å². The molecule has 0 radical (unpaired) electrons. The zero-order valence-electron chi connectivity index (χ0n) is 10.4. The Morgan fingerprint density at radius 2 is 1.89 bits per heavy atom. The van der Waals surface area contributed by atoms with E-state index in [-0.39, 0.29) is 0 Å². The molecule has 0 fully saturated rings. The van der Waals surface area contributed by atoms with Crippen molar-refractivity contribution in [1.82, 2.24) is 4.57 Å². The van der Waals surface area contributed by atoms with Crippen LogP contribution in [-0.4, -0.2) is 11.7 Å². The van der Waals surface area contributed by atoms with Crippen molar-refractivity contribution in [3.63, 3.8) is 0 Å². The summed E-state index contributed by atoms with van der Waals surface area (Å²) in [6.07, 6.45) is 0. The van der Waals surface area contributed by atoms with Crippen LogP contribution in [0.15, 0.2) is 40.9 Å². The van der Waals surface area contributed by atoms with Crippen molar-refractivity contribution in [2.75, 3.05) is 7.11 Å². The Hall–Kier alpha value is -1.48. The minimum absolute atomic E-state index is 0.875. The lowest BCUT2D eigenvalue weighted by atomic mass is 10.1. The number of aromatic nitrogens is 1. The lowest BCUT2D eigenvalue weighted by Gasteiger charge is -2.06. The summed E-state index contributed by atoms with van der Waals surface area (Å²) in [5.74, 6) is 0.875. The van der Waals surface area contributed by atoms with Crippen LogP contribution in [0.5, 0.6) is 5.75 Å². The molecule has 3 aromatic rings. The highest BCUT2D eigenvalue weighted by molar-refractivity contribution is 9.10. The van der Waals surface area contributed by atoms with Crippen LogP contribution in [0.25, 0.3) is 21.8 Å². The first-order valence-electron chi connectivity index (χ1n) is 6.00. The zero-order chi connectivity index (χ0) is 12.7. The summed E-state index contributed by atoms with van der Waals surface area (Å²) >= 11 is 3.56. The number of para-hydroxylation sites is 1. The third-order valence-corrected chi connectivity index (χ3v) is 3.98. The summed E-state index contributed by atoms with van der Waals surface area (Å²) in [5.41, 5.74) is 2.49. The second kappa shape index (κ2) is 4.32. The first kappa shape index (κ1) is 11.6. The van der Waals surface area contributed by atoms with Gasteiger partial charge in [0.2, 0.25) is 0 Å². The van der Waals surface area contributed by atoms with Gasteiger partial charge >= 0.3 is 0 Å². The van der Waals surface area contributed by atoms with Crippen LogP contribution < -0.4 is 4.74 Å². The third-order valence-electron chi connectivity index (χ3n) is 3.36. The van der Waals surface area contributed by atoms with Gasteiger partial charge in [-0.05, 0) is 35.0 Å². The molecule has 0 N–H and O–H groups in total. The van der Waals surface area contributed by atoms with Gasteiger partial charge in [0.05, 0.1) is 17.1 Å². The lowest BCUT2D eigenvalue weighted by Crippen LogP contribution is -1.93. The quantitative estimate of drug-likeness (QED) is 0.675. The Kier molecular flexibility index (Phi) is 2.78. The Labute approximate surface area is 114 Å². The minimum atomic E-state index is 0.875. The average molecular weight is 304 g/mol. The number of aryl methyl sites for hydroxylation is 1. The van der Waals surface area contributed by atoms with Gasteiger partial charge < -0.3 is 9.30 Å². The van der Waals surface area contributed by atoms with E-state index in [4.69, 9.17) is 4.74 Å². The van der Waals surface area contributed by atoms with Gasteiger partial charge in [0, 0.05) is 28.9 Å². The Morgan fingerprint density at radius 1 is 1.11 bits per heavy atom. The molecule has 2 nitrogen and oxygen atoms in total. The van der Waals surface area contributed by atoms with E-state index in [0.29, 0.717) is 0 Å². The molecule has 0 bridgehead atoms. The maximum atomic E-state index is 5.39. The molecule has 3 heteroatoms. The summed E-state index contributed by atoms with van der Waals surface area (Å²) < 4.78 is 8.70. The van der Waals surface area contributed by atoms with E-state index in [2.05, 4.69) is 63.8 Å². The number of rotatable bonds is 2. The normalized spacial score (nSPS) is 11.3. The number of nitrogens with zero attached hydrogens (tertiary/aromatic N) is 1. The molecule has 3 rings (SSSR count). The third kappa shape index (κ3) is 1.54. The van der Waals surface area contributed by atoms with Gasteiger partial charge in [-0.1, -0.05) is 18.2 Å². The fraction of sp³-hybridized carbons (Fsp3) is 0.200. The zero-order valence-corrected chi connectivity index (χ0v) is 12.0. The highest BCUT2D eigenvalue weighted by Crippen LogP contribution is 2.36. The number of benzene rings is 2. The van der Waals surface area contributed by atoms with E-state index in [1.54, 1.807) is 7.11 Å². The SMILES string of the molecule is CCn1c2ccccc2c2cc(Br)c(OC)cc21. The summed E-state index contributed by atoms with van der Waals surface area (Å²) in [4.78, 5) is 0. The maximum absolute atomic E-state index is 5.39. The predicted octanol–water partition coefficient (Wildman–Crippen LogP) is 4.59. The second-order valence-corrected chi connectivity index (χ2v) is 5.12. The maximum Gasteiger partial charge on any atom is 0.135 e. The second-order valence-electron chi connectivity index (χ2n) is 4.27. The van der Waals surface area contributed by atoms with Gasteiger partial charge in [0.15, 0.2) is 0 Å². The molecule has 0 aliphatic rings. The summed E-state index contributed by atoms with van der Waals surface area (Å²) in [6.45, 7) is 3.12. The Balaban J connectivity index is 2.52. The van der Waals surface area contributed by atoms with E-state index >= 15 is 0 Å². The van der Waals surface area contributed by atoms with Crippen LogP contribution in [0, 0.1) is 0 Å². The Bertz CT molecular complexity index is 730. The van der Waals surface area contributed by atoms with Gasteiger partial charge in [-0.2, -0.15) is 0 Å². The van der Waals surface area contributed by atoms with Gasteiger partial charge in [-0.3, -0.25) is 0 Å². The predicted molar refractivity (Wildman–Crippen MR) is 79.4 cm³/mol. The summed E-state index contributed by atoms with van der Waals surface area (Å²) in [5, 5.41) is 2.55. The molecule has 0 unspecified atom stereocenters. The molecule has 0 saturated heterocycles. The van der Waals surface area contributed by atoms with Crippen molar-refractivity contribution in [1.29, 1.82) is 0 Å². The minimum Gasteiger partial charge on any atom is -0.495 e.